The van der Waals surface area contributed by atoms with Gasteiger partial charge >= 0.3 is 13.8 Å². The zero-order chi connectivity index (χ0) is 46.1. The minimum Gasteiger partial charge on any atom is -0.494 e. The number of aromatic nitrogens is 5. The Kier molecular flexibility index (Phi) is 12.3. The molecule has 7 rings (SSSR count). The second kappa shape index (κ2) is 19.5. The van der Waals surface area contributed by atoms with Crippen LogP contribution in [0, 0.1) is 5.92 Å². The van der Waals surface area contributed by atoms with E-state index < -0.39 is 39.3 Å². The molecular weight excluding hydrogens is 819 g/mol. The van der Waals surface area contributed by atoms with Crippen molar-refractivity contribution in [1.82, 2.24) is 30.1 Å². The predicted molar refractivity (Wildman–Crippen MR) is 224 cm³/mol. The van der Waals surface area contributed by atoms with Gasteiger partial charge < -0.3 is 29.4 Å². The molecule has 0 atom stereocenters. The number of ether oxygens (including phenoxy) is 3. The van der Waals surface area contributed by atoms with Gasteiger partial charge in [0.15, 0.2) is 24.0 Å². The summed E-state index contributed by atoms with van der Waals surface area (Å²) in [6.45, 7) is -3.69. The third-order valence-corrected chi connectivity index (χ3v) is 10.6. The van der Waals surface area contributed by atoms with Crippen LogP contribution in [0.15, 0.2) is 114 Å². The lowest BCUT2D eigenvalue weighted by Crippen LogP contribution is -2.29. The second-order valence-corrected chi connectivity index (χ2v) is 15.3. The highest BCUT2D eigenvalue weighted by molar-refractivity contribution is 7.48. The number of phosphoric acid groups is 1. The van der Waals surface area contributed by atoms with Crippen LogP contribution in [0.5, 0.6) is 17.2 Å². The second-order valence-electron chi connectivity index (χ2n) is 13.7. The molecule has 2 aromatic heterocycles. The maximum Gasteiger partial charge on any atom is 0.530 e. The number of pyridine rings is 1. The molecule has 2 N–H and O–H groups in total. The lowest BCUT2D eigenvalue weighted by atomic mass is 10.1. The molecule has 1 saturated carbocycles. The Morgan fingerprint density at radius 1 is 0.871 bits per heavy atom. The van der Waals surface area contributed by atoms with E-state index in [0.717, 1.165) is 0 Å². The summed E-state index contributed by atoms with van der Waals surface area (Å²) in [6.07, 6.45) is 2.48. The number of nitrogens with zero attached hydrogens (tertiary/aromatic N) is 6. The third kappa shape index (κ3) is 10.6. The van der Waals surface area contributed by atoms with Gasteiger partial charge in [0.25, 0.3) is 11.8 Å². The SMILES string of the molecule is [2H]C([2H])([2H])NC(=O)c1cn(COC(=O)c2ccc(OP(=O)(OCc3ccccc3)OCc3ccccc3)c(OC)c2)/c(=N/C(=O)C2CC2)cc1Nc1cccc(-c2nnn(C)n2)c1OC. The van der Waals surface area contributed by atoms with E-state index in [0.29, 0.717) is 35.2 Å². The fourth-order valence-electron chi connectivity index (χ4n) is 5.98. The van der Waals surface area contributed by atoms with Crippen LogP contribution in [0.1, 0.15) is 48.8 Å². The first-order chi connectivity index (χ1) is 31.2. The van der Waals surface area contributed by atoms with E-state index >= 15 is 0 Å². The van der Waals surface area contributed by atoms with Crippen LogP contribution < -0.4 is 30.1 Å². The summed E-state index contributed by atoms with van der Waals surface area (Å²) in [5.41, 5.74) is 1.93. The van der Waals surface area contributed by atoms with Crippen molar-refractivity contribution >= 4 is 37.0 Å². The number of esters is 1. The number of tetrazole rings is 1. The van der Waals surface area contributed by atoms with Crippen molar-refractivity contribution in [3.05, 3.63) is 137 Å². The molecule has 4 aromatic carbocycles. The molecule has 0 spiro atoms. The zero-order valence-electron chi connectivity index (χ0n) is 36.7. The first-order valence-electron chi connectivity index (χ1n) is 20.6. The van der Waals surface area contributed by atoms with Crippen molar-refractivity contribution in [1.29, 1.82) is 0 Å². The number of amides is 2. The Morgan fingerprint density at radius 3 is 2.19 bits per heavy atom. The molecule has 1 fully saturated rings. The van der Waals surface area contributed by atoms with Gasteiger partial charge in [0.2, 0.25) is 5.82 Å². The van der Waals surface area contributed by atoms with Crippen molar-refractivity contribution in [2.75, 3.05) is 26.5 Å². The average Bonchev–Trinajstić information content (AvgIpc) is 4.07. The molecule has 1 aliphatic rings. The van der Waals surface area contributed by atoms with Gasteiger partial charge in [-0.05, 0) is 59.5 Å². The first kappa shape index (κ1) is 39.0. The highest BCUT2D eigenvalue weighted by Crippen LogP contribution is 2.53. The minimum atomic E-state index is -4.32. The lowest BCUT2D eigenvalue weighted by molar-refractivity contribution is -0.119. The number of aryl methyl sites for hydroxylation is 1. The van der Waals surface area contributed by atoms with Crippen molar-refractivity contribution in [2.24, 2.45) is 18.0 Å². The molecule has 62 heavy (non-hydrogen) atoms. The minimum absolute atomic E-state index is 0.0155. The van der Waals surface area contributed by atoms with E-state index in [1.165, 1.54) is 54.0 Å². The molecule has 18 nitrogen and oxygen atoms in total. The monoisotopic (exact) mass is 865 g/mol. The van der Waals surface area contributed by atoms with Gasteiger partial charge in [-0.15, -0.1) is 10.2 Å². The molecule has 0 radical (unpaired) electrons. The first-order valence-corrected chi connectivity index (χ1v) is 20.5. The van der Waals surface area contributed by atoms with Crippen LogP contribution in [-0.4, -0.2) is 63.8 Å². The number of carbonyl (C=O) groups excluding carboxylic acids is 3. The van der Waals surface area contributed by atoms with Gasteiger partial charge in [0.05, 0.1) is 62.5 Å². The normalized spacial score (nSPS) is 13.6. The van der Waals surface area contributed by atoms with Gasteiger partial charge in [-0.25, -0.2) is 9.36 Å². The summed E-state index contributed by atoms with van der Waals surface area (Å²) < 4.78 is 72.7. The van der Waals surface area contributed by atoms with Gasteiger partial charge in [-0.2, -0.15) is 9.79 Å². The number of benzene rings is 4. The molecule has 320 valence electrons. The highest BCUT2D eigenvalue weighted by Gasteiger charge is 2.32. The van der Waals surface area contributed by atoms with E-state index in [9.17, 15) is 18.9 Å². The number of carbonyl (C=O) groups is 3. The number of anilines is 2. The molecule has 2 amide bonds. The Hall–Kier alpha value is -7.14. The van der Waals surface area contributed by atoms with Crippen LogP contribution in [0.4, 0.5) is 11.4 Å². The number of hydrogen-bond acceptors (Lipinski definition) is 14. The van der Waals surface area contributed by atoms with Crippen LogP contribution in [0.2, 0.25) is 0 Å². The number of phosphoric ester groups is 1. The Morgan fingerprint density at radius 2 is 1.58 bits per heavy atom. The van der Waals surface area contributed by atoms with Crippen molar-refractivity contribution < 1.29 is 50.8 Å². The molecule has 19 heteroatoms. The fraction of sp³-hybridized carbons (Fsp3) is 0.233. The molecule has 6 aromatic rings. The number of para-hydroxylation sites is 1. The summed E-state index contributed by atoms with van der Waals surface area (Å²) >= 11 is 0. The predicted octanol–water partition coefficient (Wildman–Crippen LogP) is 6.37. The van der Waals surface area contributed by atoms with E-state index in [1.807, 2.05) is 17.4 Å². The van der Waals surface area contributed by atoms with Crippen LogP contribution in [-0.2, 0) is 50.1 Å². The van der Waals surface area contributed by atoms with Gasteiger partial charge in [0.1, 0.15) is 5.49 Å². The Labute approximate surface area is 360 Å². The Balaban J connectivity index is 1.17. The summed E-state index contributed by atoms with van der Waals surface area (Å²) in [5, 5.41) is 17.3. The van der Waals surface area contributed by atoms with Crippen molar-refractivity contribution in [3.8, 4) is 28.6 Å². The summed E-state index contributed by atoms with van der Waals surface area (Å²) in [5.74, 6) is -2.25. The van der Waals surface area contributed by atoms with Crippen LogP contribution >= 0.6 is 7.82 Å². The number of methoxy groups -OCH3 is 2. The molecular formula is C43H43N8O10P. The lowest BCUT2D eigenvalue weighted by Gasteiger charge is -2.20. The smallest absolute Gasteiger partial charge is 0.494 e. The summed E-state index contributed by atoms with van der Waals surface area (Å²) in [6, 6.07) is 28.4. The fourth-order valence-corrected chi connectivity index (χ4v) is 7.17. The number of hydrogen-bond donors (Lipinski definition) is 2. The Bertz CT molecular complexity index is 2760. The largest absolute Gasteiger partial charge is 0.530 e. The van der Waals surface area contributed by atoms with Gasteiger partial charge in [0, 0.05) is 29.3 Å². The third-order valence-electron chi connectivity index (χ3n) is 9.30. The van der Waals surface area contributed by atoms with Crippen molar-refractivity contribution in [3.63, 3.8) is 0 Å². The van der Waals surface area contributed by atoms with Gasteiger partial charge in [-0.3, -0.25) is 23.2 Å². The van der Waals surface area contributed by atoms with E-state index in [1.54, 1.807) is 73.8 Å². The molecule has 0 aliphatic heterocycles. The van der Waals surface area contributed by atoms with Crippen molar-refractivity contribution in [2.45, 2.75) is 32.8 Å². The number of rotatable bonds is 18. The zero-order valence-corrected chi connectivity index (χ0v) is 34.6. The average molecular weight is 866 g/mol. The number of nitrogens with one attached hydrogen (secondary N) is 2. The quantitative estimate of drug-likeness (QED) is 0.0711. The molecule has 0 saturated heterocycles. The van der Waals surface area contributed by atoms with E-state index in [4.69, 9.17) is 31.9 Å². The van der Waals surface area contributed by atoms with E-state index in [-0.39, 0.29) is 64.5 Å². The summed E-state index contributed by atoms with van der Waals surface area (Å²) in [7, 11) is 0.0129. The van der Waals surface area contributed by atoms with Crippen LogP contribution in [0.3, 0.4) is 0 Å². The van der Waals surface area contributed by atoms with E-state index in [2.05, 4.69) is 25.7 Å². The highest BCUT2D eigenvalue weighted by atomic mass is 31.2. The maximum absolute atomic E-state index is 14.1. The van der Waals surface area contributed by atoms with Gasteiger partial charge in [-0.1, -0.05) is 66.7 Å². The molecule has 0 bridgehead atoms. The standard InChI is InChI=1S/C43H43N8O10P/c1-44-42(53)33-24-51(38(46-41(52)30-18-19-30)23-35(33)45-34-17-11-16-32(39(34)57-4)40-47-49-50(2)48-40)27-58-43(54)31-20-21-36(37(22-31)56-3)61-62(55,59-25-28-12-7-5-8-13-28)60-26-29-14-9-6-10-15-29/h5-17,20-24,30,45H,18-19,25-27H2,1-4H3,(H,44,53)/b46-38+/i1D3. The topological polar surface area (TPSA) is 209 Å². The molecule has 2 heterocycles. The molecule has 1 aliphatic carbocycles. The summed E-state index contributed by atoms with van der Waals surface area (Å²) in [4.78, 5) is 46.0. The maximum atomic E-state index is 14.1. The molecule has 0 unspecified atom stereocenters. The van der Waals surface area contributed by atoms with Crippen LogP contribution in [0.25, 0.3) is 11.4 Å².